The normalized spacial score (nSPS) is 21.5. The summed E-state index contributed by atoms with van der Waals surface area (Å²) in [5, 5.41) is 8.95. The van der Waals surface area contributed by atoms with Gasteiger partial charge in [0.05, 0.1) is 5.41 Å². The van der Waals surface area contributed by atoms with Gasteiger partial charge >= 0.3 is 5.97 Å². The molecule has 2 heteroatoms. The van der Waals surface area contributed by atoms with Crippen molar-refractivity contribution < 1.29 is 9.90 Å². The highest BCUT2D eigenvalue weighted by molar-refractivity contribution is 5.75. The minimum absolute atomic E-state index is 0.457. The van der Waals surface area contributed by atoms with E-state index in [4.69, 9.17) is 5.11 Å². The van der Waals surface area contributed by atoms with Gasteiger partial charge in [0.15, 0.2) is 0 Å². The molecule has 0 aliphatic heterocycles. The van der Waals surface area contributed by atoms with Crippen LogP contribution in [0.3, 0.4) is 0 Å². The molecule has 1 fully saturated rings. The van der Waals surface area contributed by atoms with Gasteiger partial charge in [-0.3, -0.25) is 4.79 Å². The molecule has 62 valence electrons. The SMILES string of the molecule is C=CCC1(C(=O)O)CCCC1. The van der Waals surface area contributed by atoms with Crippen LogP contribution in [0.4, 0.5) is 0 Å². The fraction of sp³-hybridized carbons (Fsp3) is 0.667. The van der Waals surface area contributed by atoms with Gasteiger partial charge in [-0.25, -0.2) is 0 Å². The number of carboxylic acids is 1. The van der Waals surface area contributed by atoms with Gasteiger partial charge in [-0.2, -0.15) is 0 Å². The number of rotatable bonds is 3. The lowest BCUT2D eigenvalue weighted by Crippen LogP contribution is -2.26. The third kappa shape index (κ3) is 1.44. The number of allylic oxidation sites excluding steroid dienone is 1. The molecule has 1 rings (SSSR count). The maximum Gasteiger partial charge on any atom is 0.309 e. The summed E-state index contributed by atoms with van der Waals surface area (Å²) in [6.45, 7) is 3.59. The summed E-state index contributed by atoms with van der Waals surface area (Å²) in [5.41, 5.74) is -0.457. The average Bonchev–Trinajstić information content (AvgIpc) is 2.38. The third-order valence-corrected chi connectivity index (χ3v) is 2.55. The van der Waals surface area contributed by atoms with E-state index in [2.05, 4.69) is 6.58 Å². The van der Waals surface area contributed by atoms with Crippen LogP contribution in [0.2, 0.25) is 0 Å². The molecule has 1 aliphatic rings. The standard InChI is InChI=1S/C9H14O2/c1-2-5-9(8(10)11)6-3-4-7-9/h2H,1,3-7H2,(H,10,11). The van der Waals surface area contributed by atoms with Crippen LogP contribution in [-0.4, -0.2) is 11.1 Å². The molecular formula is C9H14O2. The highest BCUT2D eigenvalue weighted by atomic mass is 16.4. The van der Waals surface area contributed by atoms with Gasteiger partial charge in [-0.1, -0.05) is 18.9 Å². The van der Waals surface area contributed by atoms with Gasteiger partial charge in [-0.05, 0) is 19.3 Å². The zero-order valence-corrected chi connectivity index (χ0v) is 6.68. The number of carboxylic acid groups (broad SMARTS) is 1. The van der Waals surface area contributed by atoms with Gasteiger partial charge < -0.3 is 5.11 Å². The van der Waals surface area contributed by atoms with Crippen LogP contribution < -0.4 is 0 Å². The smallest absolute Gasteiger partial charge is 0.309 e. The van der Waals surface area contributed by atoms with E-state index < -0.39 is 11.4 Å². The van der Waals surface area contributed by atoms with E-state index in [-0.39, 0.29) is 0 Å². The second-order valence-corrected chi connectivity index (χ2v) is 3.29. The first-order valence-electron chi connectivity index (χ1n) is 4.05. The van der Waals surface area contributed by atoms with Crippen LogP contribution in [0.25, 0.3) is 0 Å². The topological polar surface area (TPSA) is 37.3 Å². The van der Waals surface area contributed by atoms with Gasteiger partial charge in [0.2, 0.25) is 0 Å². The average molecular weight is 154 g/mol. The molecule has 0 radical (unpaired) electrons. The lowest BCUT2D eigenvalue weighted by molar-refractivity contribution is -0.148. The molecule has 1 saturated carbocycles. The van der Waals surface area contributed by atoms with Crippen molar-refractivity contribution in [3.05, 3.63) is 12.7 Å². The predicted molar refractivity (Wildman–Crippen MR) is 43.4 cm³/mol. The molecule has 1 aliphatic carbocycles. The summed E-state index contributed by atoms with van der Waals surface area (Å²) in [7, 11) is 0. The van der Waals surface area contributed by atoms with Crippen molar-refractivity contribution in [1.82, 2.24) is 0 Å². The van der Waals surface area contributed by atoms with Crippen molar-refractivity contribution in [3.63, 3.8) is 0 Å². The Hall–Kier alpha value is -0.790. The van der Waals surface area contributed by atoms with E-state index in [1.54, 1.807) is 6.08 Å². The fourth-order valence-electron chi connectivity index (χ4n) is 1.83. The lowest BCUT2D eigenvalue weighted by atomic mass is 9.83. The zero-order chi connectivity index (χ0) is 8.32. The largest absolute Gasteiger partial charge is 0.481 e. The molecule has 1 N–H and O–H groups in total. The van der Waals surface area contributed by atoms with Gasteiger partial charge in [0.1, 0.15) is 0 Å². The highest BCUT2D eigenvalue weighted by Crippen LogP contribution is 2.41. The van der Waals surface area contributed by atoms with E-state index in [0.717, 1.165) is 25.7 Å². The first-order chi connectivity index (χ1) is 5.21. The Bertz CT molecular complexity index is 166. The summed E-state index contributed by atoms with van der Waals surface area (Å²) in [4.78, 5) is 10.9. The van der Waals surface area contributed by atoms with Crippen molar-refractivity contribution in [1.29, 1.82) is 0 Å². The summed E-state index contributed by atoms with van der Waals surface area (Å²) in [6, 6.07) is 0. The monoisotopic (exact) mass is 154 g/mol. The Morgan fingerprint density at radius 3 is 2.45 bits per heavy atom. The van der Waals surface area contributed by atoms with Gasteiger partial charge in [0.25, 0.3) is 0 Å². The quantitative estimate of drug-likeness (QED) is 0.633. The molecule has 2 nitrogen and oxygen atoms in total. The Morgan fingerprint density at radius 2 is 2.09 bits per heavy atom. The molecule has 0 amide bonds. The van der Waals surface area contributed by atoms with E-state index in [9.17, 15) is 4.79 Å². The van der Waals surface area contributed by atoms with Crippen molar-refractivity contribution >= 4 is 5.97 Å². The molecule has 11 heavy (non-hydrogen) atoms. The van der Waals surface area contributed by atoms with E-state index in [0.29, 0.717) is 6.42 Å². The third-order valence-electron chi connectivity index (χ3n) is 2.55. The van der Waals surface area contributed by atoms with Crippen LogP contribution in [0.5, 0.6) is 0 Å². The van der Waals surface area contributed by atoms with E-state index >= 15 is 0 Å². The number of hydrogen-bond acceptors (Lipinski definition) is 1. The molecule has 0 saturated heterocycles. The summed E-state index contributed by atoms with van der Waals surface area (Å²) >= 11 is 0. The number of carbonyl (C=O) groups is 1. The molecule has 0 atom stereocenters. The van der Waals surface area contributed by atoms with Gasteiger partial charge in [-0.15, -0.1) is 6.58 Å². The van der Waals surface area contributed by atoms with Crippen molar-refractivity contribution in [2.24, 2.45) is 5.41 Å². The van der Waals surface area contributed by atoms with Crippen LogP contribution in [0, 0.1) is 5.41 Å². The molecule has 0 aromatic rings. The second-order valence-electron chi connectivity index (χ2n) is 3.29. The molecular weight excluding hydrogens is 140 g/mol. The number of aliphatic carboxylic acids is 1. The minimum Gasteiger partial charge on any atom is -0.481 e. The van der Waals surface area contributed by atoms with Crippen molar-refractivity contribution in [3.8, 4) is 0 Å². The summed E-state index contributed by atoms with van der Waals surface area (Å²) < 4.78 is 0. The molecule has 0 aromatic carbocycles. The highest BCUT2D eigenvalue weighted by Gasteiger charge is 2.39. The molecule has 0 heterocycles. The fourth-order valence-corrected chi connectivity index (χ4v) is 1.83. The Kier molecular flexibility index (Phi) is 2.32. The minimum atomic E-state index is -0.644. The first kappa shape index (κ1) is 8.31. The number of hydrogen-bond donors (Lipinski definition) is 1. The molecule has 0 bridgehead atoms. The molecule has 0 spiro atoms. The lowest BCUT2D eigenvalue weighted by Gasteiger charge is -2.21. The second kappa shape index (κ2) is 3.07. The maximum absolute atomic E-state index is 10.9. The van der Waals surface area contributed by atoms with E-state index in [1.807, 2.05) is 0 Å². The Balaban J connectivity index is 2.69. The Labute approximate surface area is 66.9 Å². The zero-order valence-electron chi connectivity index (χ0n) is 6.68. The predicted octanol–water partition coefficient (Wildman–Crippen LogP) is 2.21. The molecule has 0 unspecified atom stereocenters. The first-order valence-corrected chi connectivity index (χ1v) is 4.05. The maximum atomic E-state index is 10.9. The summed E-state index contributed by atoms with van der Waals surface area (Å²) in [5.74, 6) is -0.644. The van der Waals surface area contributed by atoms with Crippen LogP contribution >= 0.6 is 0 Å². The Morgan fingerprint density at radius 1 is 1.55 bits per heavy atom. The van der Waals surface area contributed by atoms with Crippen molar-refractivity contribution in [2.75, 3.05) is 0 Å². The van der Waals surface area contributed by atoms with Crippen molar-refractivity contribution in [2.45, 2.75) is 32.1 Å². The van der Waals surface area contributed by atoms with Crippen LogP contribution in [0.1, 0.15) is 32.1 Å². The van der Waals surface area contributed by atoms with Crippen LogP contribution in [0.15, 0.2) is 12.7 Å². The van der Waals surface area contributed by atoms with Gasteiger partial charge in [0, 0.05) is 0 Å². The van der Waals surface area contributed by atoms with E-state index in [1.165, 1.54) is 0 Å². The summed E-state index contributed by atoms with van der Waals surface area (Å²) in [6.07, 6.45) is 6.12. The molecule has 0 aromatic heterocycles. The van der Waals surface area contributed by atoms with Crippen LogP contribution in [-0.2, 0) is 4.79 Å².